The zero-order chi connectivity index (χ0) is 15.9. The van der Waals surface area contributed by atoms with Gasteiger partial charge in [0.05, 0.1) is 0 Å². The third kappa shape index (κ3) is 4.44. The molecular formula is C19H16N2OS. The Labute approximate surface area is 139 Å². The molecule has 3 rings (SSSR count). The van der Waals surface area contributed by atoms with Crippen molar-refractivity contribution in [2.24, 2.45) is 0 Å². The van der Waals surface area contributed by atoms with Crippen LogP contribution in [-0.4, -0.2) is 10.2 Å². The largest absolute Gasteiger partial charge is 0.343 e. The van der Waals surface area contributed by atoms with Crippen LogP contribution >= 0.6 is 11.8 Å². The molecule has 2 aromatic carbocycles. The van der Waals surface area contributed by atoms with Gasteiger partial charge in [-0.2, -0.15) is 0 Å². The van der Waals surface area contributed by atoms with Gasteiger partial charge >= 0.3 is 0 Å². The molecule has 1 amide bonds. The van der Waals surface area contributed by atoms with E-state index in [1.165, 1.54) is 0 Å². The summed E-state index contributed by atoms with van der Waals surface area (Å²) in [6.45, 7) is 0.523. The van der Waals surface area contributed by atoms with Crippen LogP contribution in [0.15, 0.2) is 84.0 Å². The van der Waals surface area contributed by atoms with Gasteiger partial charge < -0.3 is 5.32 Å². The summed E-state index contributed by atoms with van der Waals surface area (Å²) in [7, 11) is 0. The van der Waals surface area contributed by atoms with E-state index in [2.05, 4.69) is 10.3 Å². The summed E-state index contributed by atoms with van der Waals surface area (Å²) in [6.07, 6.45) is 1.79. The highest BCUT2D eigenvalue weighted by Gasteiger charge is 2.06. The number of hydrogen-bond acceptors (Lipinski definition) is 3. The van der Waals surface area contributed by atoms with Crippen molar-refractivity contribution >= 4 is 17.0 Å². The van der Waals surface area contributed by atoms with E-state index in [1.807, 2.05) is 72.8 Å². The number of hydrogen-bond donors (Lipinski definition) is 1. The number of aromatic nitrogens is 1. The van der Waals surface area contributed by atoms with Crippen LogP contribution in [0.1, 0.15) is 5.56 Å². The molecule has 0 unspecified atom stereocenters. The molecule has 0 aliphatic heterocycles. The van der Waals surface area contributed by atoms with Gasteiger partial charge in [-0.3, -0.25) is 4.79 Å². The van der Waals surface area contributed by atoms with Gasteiger partial charge in [0.2, 0.25) is 0 Å². The molecular weight excluding hydrogens is 304 g/mol. The van der Waals surface area contributed by atoms with E-state index < -0.39 is 0 Å². The Bertz CT molecular complexity index is 758. The minimum atomic E-state index is -0.103. The molecule has 0 saturated heterocycles. The molecule has 1 aromatic heterocycles. The first-order valence-electron chi connectivity index (χ1n) is 7.32. The Hall–Kier alpha value is -2.59. The maximum atomic E-state index is 12.0. The van der Waals surface area contributed by atoms with Gasteiger partial charge in [-0.1, -0.05) is 66.7 Å². The van der Waals surface area contributed by atoms with E-state index in [-0.39, 0.29) is 5.24 Å². The van der Waals surface area contributed by atoms with Crippen LogP contribution < -0.4 is 5.32 Å². The van der Waals surface area contributed by atoms with Gasteiger partial charge in [0, 0.05) is 18.3 Å². The summed E-state index contributed by atoms with van der Waals surface area (Å²) in [5, 5.41) is 3.46. The number of rotatable bonds is 4. The van der Waals surface area contributed by atoms with Crippen molar-refractivity contribution in [1.29, 1.82) is 0 Å². The van der Waals surface area contributed by atoms with E-state index in [9.17, 15) is 4.79 Å². The number of pyridine rings is 1. The van der Waals surface area contributed by atoms with E-state index >= 15 is 0 Å². The van der Waals surface area contributed by atoms with E-state index in [1.54, 1.807) is 6.20 Å². The van der Waals surface area contributed by atoms with Gasteiger partial charge in [-0.25, -0.2) is 4.98 Å². The van der Waals surface area contributed by atoms with Crippen LogP contribution in [0.2, 0.25) is 0 Å². The molecule has 1 N–H and O–H groups in total. The normalized spacial score (nSPS) is 10.3. The molecule has 114 valence electrons. The second-order valence-electron chi connectivity index (χ2n) is 4.98. The van der Waals surface area contributed by atoms with Gasteiger partial charge in [-0.05, 0) is 29.0 Å². The fourth-order valence-electron chi connectivity index (χ4n) is 2.14. The number of nitrogens with one attached hydrogen (secondary N) is 1. The molecule has 0 aliphatic rings. The molecule has 0 radical (unpaired) electrons. The number of thioether (sulfide) groups is 1. The van der Waals surface area contributed by atoms with Gasteiger partial charge in [0.1, 0.15) is 5.03 Å². The van der Waals surface area contributed by atoms with Crippen molar-refractivity contribution in [3.8, 4) is 11.1 Å². The summed E-state index contributed by atoms with van der Waals surface area (Å²) < 4.78 is 0. The van der Waals surface area contributed by atoms with Crippen LogP contribution in [0, 0.1) is 0 Å². The maximum absolute atomic E-state index is 12.0. The number of benzene rings is 2. The fraction of sp³-hybridized carbons (Fsp3) is 0.0526. The highest BCUT2D eigenvalue weighted by Crippen LogP contribution is 2.22. The summed E-state index contributed by atoms with van der Waals surface area (Å²) in [4.78, 5) is 16.3. The lowest BCUT2D eigenvalue weighted by Crippen LogP contribution is -2.17. The molecule has 0 atom stereocenters. The lowest BCUT2D eigenvalue weighted by atomic mass is 10.1. The van der Waals surface area contributed by atoms with E-state index in [0.29, 0.717) is 11.6 Å². The maximum Gasteiger partial charge on any atom is 0.285 e. The zero-order valence-corrected chi connectivity index (χ0v) is 13.3. The van der Waals surface area contributed by atoms with Crippen molar-refractivity contribution < 1.29 is 4.79 Å². The average molecular weight is 320 g/mol. The van der Waals surface area contributed by atoms with Gasteiger partial charge in [-0.15, -0.1) is 0 Å². The molecule has 23 heavy (non-hydrogen) atoms. The second-order valence-corrected chi connectivity index (χ2v) is 5.97. The summed E-state index contributed by atoms with van der Waals surface area (Å²) >= 11 is 1.11. The molecule has 1 heterocycles. The third-order valence-electron chi connectivity index (χ3n) is 3.32. The first kappa shape index (κ1) is 15.3. The molecule has 0 spiro atoms. The first-order chi connectivity index (χ1) is 11.3. The topological polar surface area (TPSA) is 42.0 Å². The Morgan fingerprint density at radius 2 is 1.57 bits per heavy atom. The fourth-order valence-corrected chi connectivity index (χ4v) is 2.72. The van der Waals surface area contributed by atoms with Crippen molar-refractivity contribution in [2.75, 3.05) is 0 Å². The first-order valence-corrected chi connectivity index (χ1v) is 8.14. The monoisotopic (exact) mass is 320 g/mol. The van der Waals surface area contributed by atoms with Crippen LogP contribution in [-0.2, 0) is 6.54 Å². The van der Waals surface area contributed by atoms with Crippen molar-refractivity contribution in [1.82, 2.24) is 10.3 Å². The lowest BCUT2D eigenvalue weighted by molar-refractivity contribution is 0.260. The molecule has 0 aliphatic carbocycles. The van der Waals surface area contributed by atoms with E-state index in [4.69, 9.17) is 0 Å². The highest BCUT2D eigenvalue weighted by molar-refractivity contribution is 8.13. The van der Waals surface area contributed by atoms with Crippen LogP contribution in [0.5, 0.6) is 0 Å². The van der Waals surface area contributed by atoms with Crippen LogP contribution in [0.3, 0.4) is 0 Å². The number of amides is 1. The summed E-state index contributed by atoms with van der Waals surface area (Å²) in [5.41, 5.74) is 3.23. The Morgan fingerprint density at radius 1 is 0.870 bits per heavy atom. The molecule has 0 saturated carbocycles. The number of nitrogens with zero attached hydrogens (tertiary/aromatic N) is 1. The van der Waals surface area contributed by atoms with Crippen LogP contribution in [0.4, 0.5) is 4.79 Å². The number of carbonyl (C=O) groups is 1. The number of carbonyl (C=O) groups excluding carboxylic acids is 1. The lowest BCUT2D eigenvalue weighted by Gasteiger charge is -2.05. The predicted molar refractivity (Wildman–Crippen MR) is 94.2 cm³/mol. The van der Waals surface area contributed by atoms with Crippen molar-refractivity contribution in [3.05, 3.63) is 84.6 Å². The SMILES string of the molecule is O=C(NCc1ccccc1)Sc1ccc(-c2ccccc2)cn1. The molecule has 4 heteroatoms. The standard InChI is InChI=1S/C19H16N2OS/c22-19(21-13-15-7-3-1-4-8-15)23-18-12-11-17(14-20-18)16-9-5-2-6-10-16/h1-12,14H,13H2,(H,21,22). The summed E-state index contributed by atoms with van der Waals surface area (Å²) in [5.74, 6) is 0. The zero-order valence-electron chi connectivity index (χ0n) is 12.5. The summed E-state index contributed by atoms with van der Waals surface area (Å²) in [6, 6.07) is 23.7. The second kappa shape index (κ2) is 7.61. The minimum absolute atomic E-state index is 0.103. The molecule has 3 nitrogen and oxygen atoms in total. The Kier molecular flexibility index (Phi) is 5.06. The molecule has 3 aromatic rings. The van der Waals surface area contributed by atoms with Crippen LogP contribution in [0.25, 0.3) is 11.1 Å². The smallest absolute Gasteiger partial charge is 0.285 e. The third-order valence-corrected chi connectivity index (χ3v) is 4.10. The van der Waals surface area contributed by atoms with Gasteiger partial charge in [0.15, 0.2) is 0 Å². The van der Waals surface area contributed by atoms with Crippen molar-refractivity contribution in [3.63, 3.8) is 0 Å². The average Bonchev–Trinajstić information content (AvgIpc) is 2.62. The molecule has 0 bridgehead atoms. The highest BCUT2D eigenvalue weighted by atomic mass is 32.2. The quantitative estimate of drug-likeness (QED) is 0.705. The van der Waals surface area contributed by atoms with Crippen molar-refractivity contribution in [2.45, 2.75) is 11.6 Å². The Balaban J connectivity index is 1.57. The van der Waals surface area contributed by atoms with E-state index in [0.717, 1.165) is 28.5 Å². The Morgan fingerprint density at radius 3 is 2.22 bits per heavy atom. The minimum Gasteiger partial charge on any atom is -0.343 e. The molecule has 0 fully saturated rings. The predicted octanol–water partition coefficient (Wildman–Crippen LogP) is 4.75. The van der Waals surface area contributed by atoms with Gasteiger partial charge in [0.25, 0.3) is 5.24 Å².